The molecule has 0 atom stereocenters. The van der Waals surface area contributed by atoms with Crippen LogP contribution in [-0.4, -0.2) is 9.78 Å². The van der Waals surface area contributed by atoms with E-state index in [-0.39, 0.29) is 5.82 Å². The number of nitrogen functional groups attached to an aromatic ring is 1. The first kappa shape index (κ1) is 12.7. The summed E-state index contributed by atoms with van der Waals surface area (Å²) < 4.78 is 39.4. The van der Waals surface area contributed by atoms with Gasteiger partial charge in [-0.25, -0.2) is 0 Å². The number of unbranched alkanes of at least 4 members (excludes halogenated alkanes) is 1. The van der Waals surface area contributed by atoms with Crippen molar-refractivity contribution in [1.29, 1.82) is 0 Å². The summed E-state index contributed by atoms with van der Waals surface area (Å²) in [4.78, 5) is 0. The Balaban J connectivity index is 2.49. The summed E-state index contributed by atoms with van der Waals surface area (Å²) in [5, 5.41) is 4.39. The van der Waals surface area contributed by atoms with Gasteiger partial charge in [-0.3, -0.25) is 4.68 Å². The van der Waals surface area contributed by atoms with Crippen LogP contribution >= 0.6 is 0 Å². The Bertz CT molecular complexity index is 557. The van der Waals surface area contributed by atoms with Gasteiger partial charge >= 0.3 is 6.18 Å². The van der Waals surface area contributed by atoms with Crippen LogP contribution in [0.15, 0.2) is 18.2 Å². The van der Waals surface area contributed by atoms with Gasteiger partial charge in [0.15, 0.2) is 5.82 Å². The number of aryl methyl sites for hydroxylation is 1. The Morgan fingerprint density at radius 1 is 1.33 bits per heavy atom. The molecule has 1 heterocycles. The highest BCUT2D eigenvalue weighted by Gasteiger charge is 2.31. The summed E-state index contributed by atoms with van der Waals surface area (Å²) in [7, 11) is 0. The van der Waals surface area contributed by atoms with E-state index < -0.39 is 11.7 Å². The van der Waals surface area contributed by atoms with Gasteiger partial charge in [-0.15, -0.1) is 0 Å². The van der Waals surface area contributed by atoms with Gasteiger partial charge < -0.3 is 5.73 Å². The van der Waals surface area contributed by atoms with Crippen LogP contribution in [0.25, 0.3) is 10.9 Å². The number of rotatable bonds is 3. The third-order valence-electron chi connectivity index (χ3n) is 2.73. The lowest BCUT2D eigenvalue weighted by Crippen LogP contribution is -2.04. The molecule has 0 saturated heterocycles. The van der Waals surface area contributed by atoms with Crippen molar-refractivity contribution < 1.29 is 13.2 Å². The quantitative estimate of drug-likeness (QED) is 0.916. The van der Waals surface area contributed by atoms with Crippen LogP contribution in [0, 0.1) is 6.92 Å². The van der Waals surface area contributed by atoms with E-state index in [0.29, 0.717) is 17.4 Å². The molecule has 0 spiro atoms. The van der Waals surface area contributed by atoms with Gasteiger partial charge in [-0.1, -0.05) is 13.3 Å². The first-order valence-corrected chi connectivity index (χ1v) is 5.56. The van der Waals surface area contributed by atoms with E-state index in [1.165, 1.54) is 6.07 Å². The molecule has 0 saturated carbocycles. The minimum atomic E-state index is -4.37. The van der Waals surface area contributed by atoms with Crippen LogP contribution < -0.4 is 5.73 Å². The molecular formula is C12H13F3N3. The van der Waals surface area contributed by atoms with Crippen LogP contribution in [0.4, 0.5) is 19.0 Å². The fraction of sp³-hybridized carbons (Fsp3) is 0.333. The zero-order valence-corrected chi connectivity index (χ0v) is 9.67. The van der Waals surface area contributed by atoms with E-state index in [1.54, 1.807) is 4.68 Å². The van der Waals surface area contributed by atoms with E-state index >= 15 is 0 Å². The van der Waals surface area contributed by atoms with Gasteiger partial charge in [-0.2, -0.15) is 18.3 Å². The molecule has 0 fully saturated rings. The second-order valence-corrected chi connectivity index (χ2v) is 4.05. The Labute approximate surface area is 102 Å². The number of alkyl halides is 3. The molecule has 0 aliphatic carbocycles. The summed E-state index contributed by atoms with van der Waals surface area (Å²) in [6.45, 7) is 4.31. The molecule has 2 aromatic rings. The first-order chi connectivity index (χ1) is 8.43. The molecule has 0 unspecified atom stereocenters. The number of anilines is 1. The lowest BCUT2D eigenvalue weighted by atomic mass is 10.1. The Kier molecular flexibility index (Phi) is 3.19. The van der Waals surface area contributed by atoms with Crippen molar-refractivity contribution in [2.24, 2.45) is 0 Å². The van der Waals surface area contributed by atoms with Crippen molar-refractivity contribution in [2.45, 2.75) is 25.6 Å². The van der Waals surface area contributed by atoms with Gasteiger partial charge in [0.2, 0.25) is 0 Å². The topological polar surface area (TPSA) is 43.8 Å². The highest BCUT2D eigenvalue weighted by Crippen LogP contribution is 2.32. The van der Waals surface area contributed by atoms with Crippen LogP contribution in [0.5, 0.6) is 0 Å². The number of nitrogens with zero attached hydrogens (tertiary/aromatic N) is 2. The van der Waals surface area contributed by atoms with E-state index in [9.17, 15) is 13.2 Å². The lowest BCUT2D eigenvalue weighted by molar-refractivity contribution is -0.137. The smallest absolute Gasteiger partial charge is 0.382 e. The maximum atomic E-state index is 12.6. The van der Waals surface area contributed by atoms with Crippen molar-refractivity contribution in [3.05, 3.63) is 30.7 Å². The van der Waals surface area contributed by atoms with Crippen LogP contribution in [0.3, 0.4) is 0 Å². The molecule has 0 amide bonds. The Hall–Kier alpha value is -1.72. The number of fused-ring (bicyclic) bond motifs is 1. The highest BCUT2D eigenvalue weighted by atomic mass is 19.4. The summed E-state index contributed by atoms with van der Waals surface area (Å²) in [5.74, 6) is 0.125. The third kappa shape index (κ3) is 2.27. The Morgan fingerprint density at radius 3 is 2.67 bits per heavy atom. The van der Waals surface area contributed by atoms with E-state index in [4.69, 9.17) is 5.73 Å². The van der Waals surface area contributed by atoms with Crippen LogP contribution in [0.1, 0.15) is 18.4 Å². The van der Waals surface area contributed by atoms with E-state index in [1.807, 2.05) is 0 Å². The SMILES string of the molecule is [CH2]CCCn1nc(N)c2cc(C(F)(F)F)ccc21. The van der Waals surface area contributed by atoms with Gasteiger partial charge in [0.05, 0.1) is 11.1 Å². The first-order valence-electron chi connectivity index (χ1n) is 5.56. The molecule has 0 bridgehead atoms. The average molecular weight is 256 g/mol. The second kappa shape index (κ2) is 4.51. The standard InChI is InChI=1S/C12H13F3N3/c1-2-3-6-18-10-5-4-8(12(13,14)15)7-9(10)11(16)17-18/h4-5,7H,1-3,6H2,(H2,16,17). The number of benzene rings is 1. The van der Waals surface area contributed by atoms with Crippen molar-refractivity contribution >= 4 is 16.7 Å². The number of halogens is 3. The minimum absolute atomic E-state index is 0.125. The molecule has 0 aliphatic rings. The largest absolute Gasteiger partial charge is 0.416 e. The van der Waals surface area contributed by atoms with Crippen molar-refractivity contribution in [3.8, 4) is 0 Å². The average Bonchev–Trinajstić information content (AvgIpc) is 2.62. The predicted molar refractivity (Wildman–Crippen MR) is 63.7 cm³/mol. The normalized spacial score (nSPS) is 12.2. The fourth-order valence-electron chi connectivity index (χ4n) is 1.81. The molecular weight excluding hydrogens is 243 g/mol. The number of aromatic nitrogens is 2. The summed E-state index contributed by atoms with van der Waals surface area (Å²) in [6.07, 6.45) is -2.82. The lowest BCUT2D eigenvalue weighted by Gasteiger charge is -2.07. The van der Waals surface area contributed by atoms with Gasteiger partial charge in [0.25, 0.3) is 0 Å². The monoisotopic (exact) mass is 256 g/mol. The van der Waals surface area contributed by atoms with Crippen molar-refractivity contribution in [3.63, 3.8) is 0 Å². The predicted octanol–water partition coefficient (Wildman–Crippen LogP) is 3.25. The van der Waals surface area contributed by atoms with Gasteiger partial charge in [0.1, 0.15) is 0 Å². The molecule has 6 heteroatoms. The molecule has 18 heavy (non-hydrogen) atoms. The molecule has 97 valence electrons. The summed E-state index contributed by atoms with van der Waals surface area (Å²) in [6, 6.07) is 3.49. The summed E-state index contributed by atoms with van der Waals surface area (Å²) in [5.41, 5.74) is 5.56. The van der Waals surface area contributed by atoms with Crippen LogP contribution in [-0.2, 0) is 12.7 Å². The number of nitrogens with two attached hydrogens (primary N) is 1. The van der Waals surface area contributed by atoms with Gasteiger partial charge in [0, 0.05) is 11.9 Å². The molecule has 2 rings (SSSR count). The number of hydrogen-bond acceptors (Lipinski definition) is 2. The summed E-state index contributed by atoms with van der Waals surface area (Å²) >= 11 is 0. The van der Waals surface area contributed by atoms with Crippen LogP contribution in [0.2, 0.25) is 0 Å². The second-order valence-electron chi connectivity index (χ2n) is 4.05. The molecule has 1 aromatic carbocycles. The molecule has 3 nitrogen and oxygen atoms in total. The van der Waals surface area contributed by atoms with Crippen molar-refractivity contribution in [1.82, 2.24) is 9.78 Å². The minimum Gasteiger partial charge on any atom is -0.382 e. The molecule has 1 radical (unpaired) electrons. The molecule has 1 aromatic heterocycles. The highest BCUT2D eigenvalue weighted by molar-refractivity contribution is 5.89. The van der Waals surface area contributed by atoms with Crippen molar-refractivity contribution in [2.75, 3.05) is 5.73 Å². The zero-order valence-electron chi connectivity index (χ0n) is 9.67. The maximum absolute atomic E-state index is 12.6. The maximum Gasteiger partial charge on any atom is 0.416 e. The van der Waals surface area contributed by atoms with Gasteiger partial charge in [-0.05, 0) is 24.6 Å². The Morgan fingerprint density at radius 2 is 2.06 bits per heavy atom. The molecule has 2 N–H and O–H groups in total. The number of hydrogen-bond donors (Lipinski definition) is 1. The molecule has 0 aliphatic heterocycles. The zero-order chi connectivity index (χ0) is 13.3. The third-order valence-corrected chi connectivity index (χ3v) is 2.73. The van der Waals surface area contributed by atoms with E-state index in [2.05, 4.69) is 12.0 Å². The fourth-order valence-corrected chi connectivity index (χ4v) is 1.81. The van der Waals surface area contributed by atoms with E-state index in [0.717, 1.165) is 25.0 Å².